The second-order valence-electron chi connectivity index (χ2n) is 12.9. The summed E-state index contributed by atoms with van der Waals surface area (Å²) in [5.41, 5.74) is 1.74. The number of amides is 2. The molecule has 1 N–H and O–H groups in total. The van der Waals surface area contributed by atoms with Crippen LogP contribution in [0.1, 0.15) is 55.9 Å². The average molecular weight is 698 g/mol. The number of fused-ring (bicyclic) bond motifs is 2. The lowest BCUT2D eigenvalue weighted by molar-refractivity contribution is -0.137. The number of nitrogens with zero attached hydrogens (tertiary/aromatic N) is 6. The Bertz CT molecular complexity index is 2040. The summed E-state index contributed by atoms with van der Waals surface area (Å²) in [6.07, 6.45) is -2.18. The summed E-state index contributed by atoms with van der Waals surface area (Å²) in [5, 5.41) is 6.95. The zero-order valence-corrected chi connectivity index (χ0v) is 28.2. The molecule has 3 heterocycles. The molecule has 1 saturated heterocycles. The van der Waals surface area contributed by atoms with Gasteiger partial charge in [-0.25, -0.2) is 4.79 Å². The zero-order valence-electron chi connectivity index (χ0n) is 27.4. The highest BCUT2D eigenvalue weighted by Crippen LogP contribution is 2.34. The Morgan fingerprint density at radius 1 is 1.04 bits per heavy atom. The largest absolute Gasteiger partial charge is 0.444 e. The monoisotopic (exact) mass is 697 g/mol. The average Bonchev–Trinajstić information content (AvgIpc) is 3.67. The predicted octanol–water partition coefficient (Wildman–Crippen LogP) is 5.92. The molecule has 0 saturated carbocycles. The van der Waals surface area contributed by atoms with Crippen LogP contribution in [-0.4, -0.2) is 67.8 Å². The Labute approximate surface area is 284 Å². The lowest BCUT2D eigenvalue weighted by atomic mass is 10.1. The van der Waals surface area contributed by atoms with Crippen molar-refractivity contribution in [3.05, 3.63) is 86.0 Å². The molecule has 4 aromatic rings. The first kappa shape index (κ1) is 34.0. The highest BCUT2D eigenvalue weighted by atomic mass is 35.5. The van der Waals surface area contributed by atoms with E-state index in [1.165, 1.54) is 4.52 Å². The van der Waals surface area contributed by atoms with Gasteiger partial charge in [-0.2, -0.15) is 22.7 Å². The maximum Gasteiger partial charge on any atom is 0.416 e. The first-order valence-corrected chi connectivity index (χ1v) is 16.2. The third-order valence-corrected chi connectivity index (χ3v) is 8.65. The number of alkyl halides is 3. The van der Waals surface area contributed by atoms with Crippen LogP contribution < -0.4 is 15.8 Å². The molecule has 15 heteroatoms. The van der Waals surface area contributed by atoms with Gasteiger partial charge in [0.15, 0.2) is 5.82 Å². The van der Waals surface area contributed by atoms with Crippen LogP contribution in [0.4, 0.5) is 29.3 Å². The van der Waals surface area contributed by atoms with Crippen molar-refractivity contribution in [2.45, 2.75) is 58.9 Å². The minimum Gasteiger partial charge on any atom is -0.444 e. The highest BCUT2D eigenvalue weighted by molar-refractivity contribution is 6.33. The summed E-state index contributed by atoms with van der Waals surface area (Å²) in [4.78, 5) is 48.7. The van der Waals surface area contributed by atoms with E-state index >= 15 is 0 Å². The van der Waals surface area contributed by atoms with Crippen LogP contribution in [0.2, 0.25) is 5.02 Å². The lowest BCUT2D eigenvalue weighted by Crippen LogP contribution is -2.51. The van der Waals surface area contributed by atoms with E-state index in [0.717, 1.165) is 34.9 Å². The first-order chi connectivity index (χ1) is 23.1. The van der Waals surface area contributed by atoms with Crippen LogP contribution in [0.5, 0.6) is 0 Å². The van der Waals surface area contributed by atoms with E-state index in [1.54, 1.807) is 30.2 Å². The SMILES string of the molecule is CCc1c(N2CCN(C(=O)OC(C)(C)C)CC2)c(=O)n2nc(C3=Cc4ccccc4C3)nc2n1CC(=O)Nc1ccc(C(F)(F)F)cc1Cl. The topological polar surface area (TPSA) is 114 Å². The fourth-order valence-corrected chi connectivity index (χ4v) is 6.28. The molecule has 0 radical (unpaired) electrons. The fourth-order valence-electron chi connectivity index (χ4n) is 6.05. The van der Waals surface area contributed by atoms with Gasteiger partial charge < -0.3 is 24.4 Å². The fraction of sp³-hybridized carbons (Fsp3) is 0.382. The van der Waals surface area contributed by atoms with E-state index < -0.39 is 34.9 Å². The second-order valence-corrected chi connectivity index (χ2v) is 13.3. The smallest absolute Gasteiger partial charge is 0.416 e. The van der Waals surface area contributed by atoms with E-state index in [-0.39, 0.29) is 23.0 Å². The van der Waals surface area contributed by atoms with Gasteiger partial charge >= 0.3 is 12.3 Å². The van der Waals surface area contributed by atoms with Crippen LogP contribution in [0, 0.1) is 0 Å². The van der Waals surface area contributed by atoms with Gasteiger partial charge in [0.2, 0.25) is 11.7 Å². The number of carbonyl (C=O) groups excluding carboxylic acids is 2. The molecule has 0 atom stereocenters. The maximum atomic E-state index is 14.2. The molecule has 0 spiro atoms. The molecule has 2 aromatic heterocycles. The van der Waals surface area contributed by atoms with E-state index in [1.807, 2.05) is 42.2 Å². The number of ether oxygens (including phenoxy) is 1. The molecule has 2 aliphatic rings. The Hall–Kier alpha value is -4.85. The number of allylic oxidation sites excluding steroid dienone is 1. The number of aromatic nitrogens is 4. The summed E-state index contributed by atoms with van der Waals surface area (Å²) < 4.78 is 47.9. The van der Waals surface area contributed by atoms with Crippen molar-refractivity contribution in [1.29, 1.82) is 0 Å². The summed E-state index contributed by atoms with van der Waals surface area (Å²) >= 11 is 6.13. The summed E-state index contributed by atoms with van der Waals surface area (Å²) in [5.74, 6) is -0.125. The number of benzene rings is 2. The molecule has 6 rings (SSSR count). The van der Waals surface area contributed by atoms with Gasteiger partial charge in [0.1, 0.15) is 17.8 Å². The van der Waals surface area contributed by atoms with Crippen LogP contribution in [0.15, 0.2) is 47.3 Å². The summed E-state index contributed by atoms with van der Waals surface area (Å²) in [7, 11) is 0. The number of nitrogens with one attached hydrogen (secondary N) is 1. The van der Waals surface area contributed by atoms with Gasteiger partial charge in [-0.05, 0) is 62.6 Å². The van der Waals surface area contributed by atoms with Crippen LogP contribution >= 0.6 is 11.6 Å². The maximum absolute atomic E-state index is 14.2. The number of anilines is 2. The number of piperazine rings is 1. The van der Waals surface area contributed by atoms with Crippen molar-refractivity contribution < 1.29 is 27.5 Å². The molecule has 1 aliphatic heterocycles. The van der Waals surface area contributed by atoms with E-state index in [2.05, 4.69) is 10.4 Å². The minimum absolute atomic E-state index is 0.00398. The van der Waals surface area contributed by atoms with Gasteiger partial charge in [-0.3, -0.25) is 9.59 Å². The highest BCUT2D eigenvalue weighted by Gasteiger charge is 2.32. The molecule has 49 heavy (non-hydrogen) atoms. The number of hydrogen-bond donors (Lipinski definition) is 1. The molecule has 2 aromatic carbocycles. The van der Waals surface area contributed by atoms with Crippen molar-refractivity contribution in [2.24, 2.45) is 0 Å². The van der Waals surface area contributed by atoms with Gasteiger partial charge in [-0.1, -0.05) is 42.8 Å². The van der Waals surface area contributed by atoms with Gasteiger partial charge in [0.25, 0.3) is 5.56 Å². The molecular formula is C34H35ClF3N7O4. The van der Waals surface area contributed by atoms with E-state index in [9.17, 15) is 27.6 Å². The predicted molar refractivity (Wildman–Crippen MR) is 180 cm³/mol. The number of halogens is 4. The Morgan fingerprint density at radius 2 is 1.76 bits per heavy atom. The molecular weight excluding hydrogens is 663 g/mol. The van der Waals surface area contributed by atoms with E-state index in [4.69, 9.17) is 21.3 Å². The number of hydrogen-bond acceptors (Lipinski definition) is 7. The zero-order chi connectivity index (χ0) is 35.2. The van der Waals surface area contributed by atoms with Gasteiger partial charge in [0, 0.05) is 38.2 Å². The molecule has 258 valence electrons. The normalized spacial score (nSPS) is 15.0. The standard InChI is InChI=1S/C34H35ClF3N7O4/c1-5-26-28(42-12-14-43(15-13-42)32(48)49-33(2,3)4)30(47)45-31(40-29(41-45)22-16-20-8-6-7-9-21(20)17-22)44(26)19-27(46)39-25-11-10-23(18-24(25)35)34(36,37)38/h6-11,16,18H,5,12-15,17,19H2,1-4H3,(H,39,46). The third kappa shape index (κ3) is 7.00. The minimum atomic E-state index is -4.60. The van der Waals surface area contributed by atoms with E-state index in [0.29, 0.717) is 56.2 Å². The molecule has 0 bridgehead atoms. The summed E-state index contributed by atoms with van der Waals surface area (Å²) in [6, 6.07) is 10.6. The van der Waals surface area contributed by atoms with Gasteiger partial charge in [0.05, 0.1) is 22.0 Å². The first-order valence-electron chi connectivity index (χ1n) is 15.8. The van der Waals surface area contributed by atoms with Crippen molar-refractivity contribution in [3.8, 4) is 0 Å². The molecule has 1 aliphatic carbocycles. The Morgan fingerprint density at radius 3 is 2.39 bits per heavy atom. The third-order valence-electron chi connectivity index (χ3n) is 8.33. The second kappa shape index (κ2) is 12.9. The molecule has 2 amide bonds. The Balaban J connectivity index is 1.37. The van der Waals surface area contributed by atoms with Crippen molar-refractivity contribution in [2.75, 3.05) is 36.4 Å². The number of rotatable bonds is 6. The van der Waals surface area contributed by atoms with Crippen molar-refractivity contribution in [1.82, 2.24) is 24.1 Å². The number of carbonyl (C=O) groups is 2. The van der Waals surface area contributed by atoms with Crippen molar-refractivity contribution >= 4 is 52.4 Å². The quantitative estimate of drug-likeness (QED) is 0.266. The van der Waals surface area contributed by atoms with Crippen LogP contribution in [0.3, 0.4) is 0 Å². The molecule has 0 unspecified atom stereocenters. The van der Waals surface area contributed by atoms with Crippen LogP contribution in [0.25, 0.3) is 17.4 Å². The lowest BCUT2D eigenvalue weighted by Gasteiger charge is -2.37. The molecule has 1 fully saturated rings. The van der Waals surface area contributed by atoms with Crippen LogP contribution in [-0.2, 0) is 35.1 Å². The van der Waals surface area contributed by atoms with Crippen molar-refractivity contribution in [3.63, 3.8) is 0 Å². The summed E-state index contributed by atoms with van der Waals surface area (Å²) in [6.45, 7) is 8.13. The molecule has 11 nitrogen and oxygen atoms in total. The Kier molecular flexibility index (Phi) is 8.94. The van der Waals surface area contributed by atoms with Gasteiger partial charge in [-0.15, -0.1) is 5.10 Å².